The number of hydrogen-bond donors (Lipinski definition) is 2. The fourth-order valence-corrected chi connectivity index (χ4v) is 2.93. The van der Waals surface area contributed by atoms with Gasteiger partial charge in [0.2, 0.25) is 0 Å². The van der Waals surface area contributed by atoms with Crippen LogP contribution in [0.5, 0.6) is 0 Å². The number of rotatable bonds is 7. The average Bonchev–Trinajstić information content (AvgIpc) is 3.08. The summed E-state index contributed by atoms with van der Waals surface area (Å²) in [4.78, 5) is 5.70. The van der Waals surface area contributed by atoms with Crippen LogP contribution in [0.25, 0.3) is 0 Å². The van der Waals surface area contributed by atoms with Crippen LogP contribution < -0.4 is 10.6 Å². The molecule has 1 aliphatic rings. The summed E-state index contributed by atoms with van der Waals surface area (Å²) in [5, 5.41) is 8.94. The van der Waals surface area contributed by atoms with Crippen LogP contribution in [0.2, 0.25) is 0 Å². The highest BCUT2D eigenvalue weighted by Crippen LogP contribution is 2.33. The molecule has 5 heteroatoms. The first-order valence-electron chi connectivity index (χ1n) is 7.27. The van der Waals surface area contributed by atoms with E-state index < -0.39 is 0 Å². The molecule has 1 aromatic heterocycles. The van der Waals surface area contributed by atoms with Gasteiger partial charge in [-0.05, 0) is 30.2 Å². The van der Waals surface area contributed by atoms with Crippen molar-refractivity contribution in [1.82, 2.24) is 10.6 Å². The molecule has 114 valence electrons. The Morgan fingerprint density at radius 1 is 1.45 bits per heavy atom. The van der Waals surface area contributed by atoms with Crippen molar-refractivity contribution in [3.8, 4) is 0 Å². The Kier molecular flexibility index (Phi) is 8.52. The zero-order valence-corrected chi connectivity index (χ0v) is 15.5. The summed E-state index contributed by atoms with van der Waals surface area (Å²) in [5.41, 5.74) is 0. The molecule has 1 saturated carbocycles. The standard InChI is InChI=1S/C15H25N3S.HI/c1-12(14-6-4-10-19-14)11-18-15(16-2)17-9-3-5-13-7-8-13;/h4,6,10,12-13H,3,5,7-9,11H2,1-2H3,(H2,16,17,18);1H. The maximum Gasteiger partial charge on any atom is 0.190 e. The van der Waals surface area contributed by atoms with Gasteiger partial charge in [0.15, 0.2) is 5.96 Å². The van der Waals surface area contributed by atoms with Crippen LogP contribution in [0.1, 0.15) is 43.4 Å². The highest BCUT2D eigenvalue weighted by molar-refractivity contribution is 14.0. The van der Waals surface area contributed by atoms with E-state index >= 15 is 0 Å². The molecular weight excluding hydrogens is 381 g/mol. The Labute approximate surface area is 143 Å². The van der Waals surface area contributed by atoms with Crippen LogP contribution in [0.3, 0.4) is 0 Å². The van der Waals surface area contributed by atoms with Crippen molar-refractivity contribution in [1.29, 1.82) is 0 Å². The van der Waals surface area contributed by atoms with Crippen LogP contribution in [0.4, 0.5) is 0 Å². The van der Waals surface area contributed by atoms with Crippen LogP contribution in [0.15, 0.2) is 22.5 Å². The molecule has 20 heavy (non-hydrogen) atoms. The van der Waals surface area contributed by atoms with E-state index in [1.165, 1.54) is 30.6 Å². The van der Waals surface area contributed by atoms with Gasteiger partial charge in [0.05, 0.1) is 0 Å². The van der Waals surface area contributed by atoms with E-state index in [1.807, 2.05) is 18.4 Å². The Morgan fingerprint density at radius 3 is 2.85 bits per heavy atom. The number of nitrogens with one attached hydrogen (secondary N) is 2. The molecule has 1 atom stereocenters. The Balaban J connectivity index is 0.00000200. The fourth-order valence-electron chi connectivity index (χ4n) is 2.15. The zero-order valence-electron chi connectivity index (χ0n) is 12.4. The lowest BCUT2D eigenvalue weighted by Gasteiger charge is -2.15. The van der Waals surface area contributed by atoms with Gasteiger partial charge in [-0.2, -0.15) is 0 Å². The van der Waals surface area contributed by atoms with E-state index in [-0.39, 0.29) is 24.0 Å². The highest BCUT2D eigenvalue weighted by Gasteiger charge is 2.19. The first-order chi connectivity index (χ1) is 9.29. The third kappa shape index (κ3) is 6.43. The van der Waals surface area contributed by atoms with Crippen LogP contribution in [-0.2, 0) is 0 Å². The van der Waals surface area contributed by atoms with Crippen LogP contribution in [-0.4, -0.2) is 26.1 Å². The van der Waals surface area contributed by atoms with E-state index in [0.29, 0.717) is 5.92 Å². The molecule has 2 rings (SSSR count). The van der Waals surface area contributed by atoms with Gasteiger partial charge in [-0.1, -0.05) is 25.8 Å². The molecule has 1 aliphatic carbocycles. The zero-order chi connectivity index (χ0) is 13.5. The molecule has 0 radical (unpaired) electrons. The van der Waals surface area contributed by atoms with Crippen molar-refractivity contribution in [2.24, 2.45) is 10.9 Å². The maximum atomic E-state index is 4.27. The monoisotopic (exact) mass is 407 g/mol. The molecule has 0 aromatic carbocycles. The van der Waals surface area contributed by atoms with Crippen LogP contribution >= 0.6 is 35.3 Å². The minimum absolute atomic E-state index is 0. The summed E-state index contributed by atoms with van der Waals surface area (Å²) < 4.78 is 0. The van der Waals surface area contributed by atoms with Crippen molar-refractivity contribution < 1.29 is 0 Å². The lowest BCUT2D eigenvalue weighted by molar-refractivity contribution is 0.639. The third-order valence-corrected chi connectivity index (χ3v) is 4.71. The molecule has 0 aliphatic heterocycles. The van der Waals surface area contributed by atoms with E-state index in [9.17, 15) is 0 Å². The van der Waals surface area contributed by atoms with Gasteiger partial charge >= 0.3 is 0 Å². The van der Waals surface area contributed by atoms with Gasteiger partial charge in [-0.15, -0.1) is 35.3 Å². The van der Waals surface area contributed by atoms with Crippen molar-refractivity contribution >= 4 is 41.3 Å². The summed E-state index contributed by atoms with van der Waals surface area (Å²) in [6.07, 6.45) is 5.53. The summed E-state index contributed by atoms with van der Waals surface area (Å²) in [5.74, 6) is 2.49. The van der Waals surface area contributed by atoms with Crippen molar-refractivity contribution in [2.75, 3.05) is 20.1 Å². The second-order valence-electron chi connectivity index (χ2n) is 5.38. The van der Waals surface area contributed by atoms with Gasteiger partial charge < -0.3 is 10.6 Å². The topological polar surface area (TPSA) is 36.4 Å². The largest absolute Gasteiger partial charge is 0.356 e. The molecule has 0 saturated heterocycles. The highest BCUT2D eigenvalue weighted by atomic mass is 127. The normalized spacial score (nSPS) is 16.4. The molecule has 2 N–H and O–H groups in total. The second-order valence-corrected chi connectivity index (χ2v) is 6.36. The Morgan fingerprint density at radius 2 is 2.25 bits per heavy atom. The molecule has 0 spiro atoms. The SMILES string of the molecule is CN=C(NCCCC1CC1)NCC(C)c1cccs1.I. The van der Waals surface area contributed by atoms with E-state index in [2.05, 4.69) is 40.1 Å². The number of guanidine groups is 1. The lowest BCUT2D eigenvalue weighted by Crippen LogP contribution is -2.39. The fraction of sp³-hybridized carbons (Fsp3) is 0.667. The molecule has 1 unspecified atom stereocenters. The third-order valence-electron chi connectivity index (χ3n) is 3.61. The van der Waals surface area contributed by atoms with Gasteiger partial charge in [0.1, 0.15) is 0 Å². The van der Waals surface area contributed by atoms with Crippen LogP contribution in [0, 0.1) is 5.92 Å². The first-order valence-corrected chi connectivity index (χ1v) is 8.15. The first kappa shape index (κ1) is 17.8. The molecule has 0 bridgehead atoms. The Bertz CT molecular complexity index is 388. The molecule has 0 amide bonds. The van der Waals surface area contributed by atoms with Crippen molar-refractivity contribution in [2.45, 2.75) is 38.5 Å². The second kappa shape index (κ2) is 9.60. The van der Waals surface area contributed by atoms with E-state index in [4.69, 9.17) is 0 Å². The summed E-state index contributed by atoms with van der Waals surface area (Å²) in [7, 11) is 1.84. The van der Waals surface area contributed by atoms with Gasteiger partial charge in [0.25, 0.3) is 0 Å². The molecule has 1 fully saturated rings. The Hall–Kier alpha value is -0.300. The summed E-state index contributed by atoms with van der Waals surface area (Å²) in [6.45, 7) is 4.21. The predicted octanol–water partition coefficient (Wildman–Crippen LogP) is 3.82. The summed E-state index contributed by atoms with van der Waals surface area (Å²) in [6, 6.07) is 4.31. The lowest BCUT2D eigenvalue weighted by atomic mass is 10.1. The van der Waals surface area contributed by atoms with E-state index in [1.54, 1.807) is 0 Å². The van der Waals surface area contributed by atoms with Crippen molar-refractivity contribution in [3.63, 3.8) is 0 Å². The average molecular weight is 407 g/mol. The van der Waals surface area contributed by atoms with Crippen molar-refractivity contribution in [3.05, 3.63) is 22.4 Å². The van der Waals surface area contributed by atoms with Gasteiger partial charge in [0, 0.05) is 30.9 Å². The van der Waals surface area contributed by atoms with E-state index in [0.717, 1.165) is 25.0 Å². The number of aliphatic imine (C=N–C) groups is 1. The molecule has 1 heterocycles. The number of halogens is 1. The molecule has 3 nitrogen and oxygen atoms in total. The van der Waals surface area contributed by atoms with Gasteiger partial charge in [-0.3, -0.25) is 4.99 Å². The number of nitrogens with zero attached hydrogens (tertiary/aromatic N) is 1. The molecular formula is C15H26IN3S. The predicted molar refractivity (Wildman–Crippen MR) is 99.5 cm³/mol. The number of hydrogen-bond acceptors (Lipinski definition) is 2. The smallest absolute Gasteiger partial charge is 0.190 e. The van der Waals surface area contributed by atoms with Gasteiger partial charge in [-0.25, -0.2) is 0 Å². The molecule has 1 aromatic rings. The quantitative estimate of drug-likeness (QED) is 0.312. The minimum atomic E-state index is 0. The summed E-state index contributed by atoms with van der Waals surface area (Å²) >= 11 is 1.82. The number of thiophene rings is 1. The minimum Gasteiger partial charge on any atom is -0.356 e. The maximum absolute atomic E-state index is 4.27.